The second kappa shape index (κ2) is 9.78. The smallest absolute Gasteiger partial charge is 0.312 e. The number of carbonyl (C=O) groups excluding carboxylic acids is 2. The Morgan fingerprint density at radius 1 is 0.750 bits per heavy atom. The molecule has 0 aromatic heterocycles. The van der Waals surface area contributed by atoms with Crippen LogP contribution in [0.4, 0.5) is 11.4 Å². The molecular formula is C23H27N5O4. The molecule has 2 aromatic carbocycles. The van der Waals surface area contributed by atoms with Crippen LogP contribution in [0.15, 0.2) is 54.6 Å². The van der Waals surface area contributed by atoms with Gasteiger partial charge in [-0.1, -0.05) is 30.3 Å². The quantitative estimate of drug-likeness (QED) is 0.410. The summed E-state index contributed by atoms with van der Waals surface area (Å²) in [7, 11) is 0. The molecule has 0 unspecified atom stereocenters. The maximum Gasteiger partial charge on any atom is 0.312 e. The van der Waals surface area contributed by atoms with Gasteiger partial charge in [0, 0.05) is 76.7 Å². The number of carbonyl (C=O) groups is 2. The summed E-state index contributed by atoms with van der Waals surface area (Å²) in [5.41, 5.74) is 2.18. The van der Waals surface area contributed by atoms with Crippen LogP contribution in [0.25, 0.3) is 0 Å². The fraction of sp³-hybridized carbons (Fsp3) is 0.391. The fourth-order valence-corrected chi connectivity index (χ4v) is 4.17. The van der Waals surface area contributed by atoms with Gasteiger partial charge in [0.05, 0.1) is 4.92 Å². The van der Waals surface area contributed by atoms with Crippen molar-refractivity contribution < 1.29 is 14.5 Å². The molecule has 2 saturated heterocycles. The number of nitrogens with zero attached hydrogens (tertiary/aromatic N) is 5. The second-order valence-corrected chi connectivity index (χ2v) is 8.11. The number of hydrogen-bond donors (Lipinski definition) is 0. The molecule has 0 bridgehead atoms. The largest absolute Gasteiger partial charge is 0.368 e. The zero-order valence-electron chi connectivity index (χ0n) is 17.9. The summed E-state index contributed by atoms with van der Waals surface area (Å²) in [5, 5.41) is 10.8. The predicted molar refractivity (Wildman–Crippen MR) is 120 cm³/mol. The first-order valence-electron chi connectivity index (χ1n) is 10.8. The lowest BCUT2D eigenvalue weighted by molar-refractivity contribution is -0.384. The summed E-state index contributed by atoms with van der Waals surface area (Å²) in [6.07, 6.45) is 0. The van der Waals surface area contributed by atoms with Gasteiger partial charge in [-0.25, -0.2) is 0 Å². The monoisotopic (exact) mass is 437 g/mol. The van der Waals surface area contributed by atoms with E-state index in [0.29, 0.717) is 39.3 Å². The lowest BCUT2D eigenvalue weighted by Gasteiger charge is -2.38. The molecule has 4 rings (SSSR count). The van der Waals surface area contributed by atoms with Crippen LogP contribution in [0.3, 0.4) is 0 Å². The molecule has 9 nitrogen and oxygen atoms in total. The van der Waals surface area contributed by atoms with Crippen molar-refractivity contribution in [1.82, 2.24) is 14.7 Å². The van der Waals surface area contributed by atoms with E-state index in [-0.39, 0.29) is 5.69 Å². The first-order chi connectivity index (χ1) is 15.5. The number of hydrogen-bond acceptors (Lipinski definition) is 6. The number of rotatable bonds is 4. The van der Waals surface area contributed by atoms with Crippen molar-refractivity contribution in [3.8, 4) is 0 Å². The maximum atomic E-state index is 12.8. The molecule has 9 heteroatoms. The van der Waals surface area contributed by atoms with Crippen LogP contribution in [-0.4, -0.2) is 83.8 Å². The summed E-state index contributed by atoms with van der Waals surface area (Å²) in [6.45, 7) is 5.54. The van der Waals surface area contributed by atoms with Crippen LogP contribution in [-0.2, 0) is 16.1 Å². The topological polar surface area (TPSA) is 90.2 Å². The van der Waals surface area contributed by atoms with E-state index in [1.807, 2.05) is 18.2 Å². The minimum absolute atomic E-state index is 0.0528. The summed E-state index contributed by atoms with van der Waals surface area (Å²) < 4.78 is 0. The van der Waals surface area contributed by atoms with Gasteiger partial charge >= 0.3 is 11.8 Å². The number of nitro groups is 1. The number of anilines is 1. The summed E-state index contributed by atoms with van der Waals surface area (Å²) in [5.74, 6) is -0.863. The molecule has 2 aliphatic heterocycles. The van der Waals surface area contributed by atoms with Crippen LogP contribution in [0.1, 0.15) is 5.56 Å². The molecule has 0 N–H and O–H groups in total. The van der Waals surface area contributed by atoms with E-state index >= 15 is 0 Å². The van der Waals surface area contributed by atoms with Gasteiger partial charge in [0.15, 0.2) is 0 Å². The molecular weight excluding hydrogens is 410 g/mol. The van der Waals surface area contributed by atoms with Crippen LogP contribution in [0, 0.1) is 10.1 Å². The second-order valence-electron chi connectivity index (χ2n) is 8.11. The van der Waals surface area contributed by atoms with Gasteiger partial charge in [-0.2, -0.15) is 0 Å². The van der Waals surface area contributed by atoms with E-state index in [0.717, 1.165) is 25.3 Å². The Labute approximate surface area is 187 Å². The third kappa shape index (κ3) is 5.05. The van der Waals surface area contributed by atoms with Gasteiger partial charge in [0.2, 0.25) is 0 Å². The third-order valence-electron chi connectivity index (χ3n) is 6.08. The highest BCUT2D eigenvalue weighted by Gasteiger charge is 2.31. The highest BCUT2D eigenvalue weighted by atomic mass is 16.6. The molecule has 2 heterocycles. The maximum absolute atomic E-state index is 12.8. The SMILES string of the molecule is O=C(C(=O)N1CCN(c2ccc([N+](=O)[O-])cc2)CC1)N1CCN(Cc2ccccc2)CC1. The number of piperazine rings is 2. The molecule has 2 amide bonds. The number of nitro benzene ring substituents is 1. The average molecular weight is 438 g/mol. The summed E-state index contributed by atoms with van der Waals surface area (Å²) in [6, 6.07) is 16.6. The molecule has 0 atom stereocenters. The highest BCUT2D eigenvalue weighted by Crippen LogP contribution is 2.21. The number of benzene rings is 2. The molecule has 0 spiro atoms. The van der Waals surface area contributed by atoms with Crippen LogP contribution >= 0.6 is 0 Å². The average Bonchev–Trinajstić information content (AvgIpc) is 2.84. The van der Waals surface area contributed by atoms with Crippen LogP contribution in [0.2, 0.25) is 0 Å². The fourth-order valence-electron chi connectivity index (χ4n) is 4.17. The predicted octanol–water partition coefficient (Wildman–Crippen LogP) is 1.59. The Bertz CT molecular complexity index is 950. The van der Waals surface area contributed by atoms with Crippen molar-refractivity contribution in [2.24, 2.45) is 0 Å². The zero-order valence-corrected chi connectivity index (χ0v) is 17.9. The summed E-state index contributed by atoms with van der Waals surface area (Å²) >= 11 is 0. The minimum Gasteiger partial charge on any atom is -0.368 e. The lowest BCUT2D eigenvalue weighted by Crippen LogP contribution is -2.56. The Morgan fingerprint density at radius 2 is 1.28 bits per heavy atom. The van der Waals surface area contributed by atoms with Crippen molar-refractivity contribution in [3.63, 3.8) is 0 Å². The van der Waals surface area contributed by atoms with E-state index in [1.54, 1.807) is 21.9 Å². The molecule has 2 fully saturated rings. The van der Waals surface area contributed by atoms with Gasteiger partial charge in [-0.15, -0.1) is 0 Å². The van der Waals surface area contributed by atoms with Gasteiger partial charge in [-0.05, 0) is 17.7 Å². The normalized spacial score (nSPS) is 17.3. The van der Waals surface area contributed by atoms with Gasteiger partial charge in [-0.3, -0.25) is 24.6 Å². The van der Waals surface area contributed by atoms with E-state index in [9.17, 15) is 19.7 Å². The Balaban J connectivity index is 1.24. The van der Waals surface area contributed by atoms with E-state index < -0.39 is 16.7 Å². The molecule has 0 saturated carbocycles. The van der Waals surface area contributed by atoms with Crippen molar-refractivity contribution in [2.75, 3.05) is 57.3 Å². The highest BCUT2D eigenvalue weighted by molar-refractivity contribution is 6.35. The van der Waals surface area contributed by atoms with E-state index in [2.05, 4.69) is 21.9 Å². The first-order valence-corrected chi connectivity index (χ1v) is 10.8. The van der Waals surface area contributed by atoms with Gasteiger partial charge in [0.1, 0.15) is 0 Å². The standard InChI is InChI=1S/C23H27N5O4/c29-22(26-12-10-24(11-13-26)18-19-4-2-1-3-5-19)23(30)27-16-14-25(15-17-27)20-6-8-21(9-7-20)28(31)32/h1-9H,10-18H2. The van der Waals surface area contributed by atoms with Crippen LogP contribution in [0.5, 0.6) is 0 Å². The molecule has 0 aliphatic carbocycles. The zero-order chi connectivity index (χ0) is 22.5. The van der Waals surface area contributed by atoms with E-state index in [1.165, 1.54) is 17.7 Å². The number of non-ortho nitro benzene ring substituents is 1. The summed E-state index contributed by atoms with van der Waals surface area (Å²) in [4.78, 5) is 43.5. The molecule has 32 heavy (non-hydrogen) atoms. The molecule has 168 valence electrons. The Hall–Kier alpha value is -3.46. The van der Waals surface area contributed by atoms with Crippen molar-refractivity contribution in [2.45, 2.75) is 6.54 Å². The van der Waals surface area contributed by atoms with Gasteiger partial charge < -0.3 is 14.7 Å². The minimum atomic E-state index is -0.440. The first kappa shape index (κ1) is 21.8. The Morgan fingerprint density at radius 3 is 1.81 bits per heavy atom. The van der Waals surface area contributed by atoms with E-state index in [4.69, 9.17) is 0 Å². The molecule has 2 aliphatic rings. The molecule has 0 radical (unpaired) electrons. The van der Waals surface area contributed by atoms with Crippen molar-refractivity contribution >= 4 is 23.2 Å². The third-order valence-corrected chi connectivity index (χ3v) is 6.08. The van der Waals surface area contributed by atoms with Crippen molar-refractivity contribution in [3.05, 3.63) is 70.3 Å². The Kier molecular flexibility index (Phi) is 6.65. The number of amides is 2. The van der Waals surface area contributed by atoms with Crippen molar-refractivity contribution in [1.29, 1.82) is 0 Å². The lowest BCUT2D eigenvalue weighted by atomic mass is 10.2. The van der Waals surface area contributed by atoms with Gasteiger partial charge in [0.25, 0.3) is 5.69 Å². The van der Waals surface area contributed by atoms with Crippen LogP contribution < -0.4 is 4.90 Å². The molecule has 2 aromatic rings.